The van der Waals surface area contributed by atoms with Crippen LogP contribution in [0.2, 0.25) is 0 Å². The van der Waals surface area contributed by atoms with Crippen LogP contribution in [0.15, 0.2) is 16.9 Å². The van der Waals surface area contributed by atoms with E-state index in [1.54, 1.807) is 0 Å². The van der Waals surface area contributed by atoms with Crippen LogP contribution < -0.4 is 15.2 Å². The molecule has 94 valence electrons. The van der Waals surface area contributed by atoms with Crippen LogP contribution in [-0.4, -0.2) is 27.2 Å². The van der Waals surface area contributed by atoms with Gasteiger partial charge in [0, 0.05) is 27.2 Å². The lowest BCUT2D eigenvalue weighted by atomic mass is 10.1. The van der Waals surface area contributed by atoms with Gasteiger partial charge in [-0.15, -0.1) is 6.58 Å². The molecule has 1 aromatic carbocycles. The number of nitrogens with zero attached hydrogens (tertiary/aromatic N) is 2. The average Bonchev–Trinajstić information content (AvgIpc) is 2.30. The molecular formula is C13H20N2OS. The molecule has 17 heavy (non-hydrogen) atoms. The minimum Gasteiger partial charge on any atom is -0.371 e. The lowest BCUT2D eigenvalue weighted by Gasteiger charge is -2.29. The van der Waals surface area contributed by atoms with Crippen LogP contribution >= 0.6 is 12.2 Å². The van der Waals surface area contributed by atoms with Gasteiger partial charge in [0.2, 0.25) is 5.43 Å². The highest BCUT2D eigenvalue weighted by atomic mass is 32.1. The van der Waals surface area contributed by atoms with Crippen molar-refractivity contribution < 1.29 is 0 Å². The summed E-state index contributed by atoms with van der Waals surface area (Å²) in [7, 11) is 3.89. The Bertz CT molecular complexity index is 486. The number of rotatable bonds is 6. The Morgan fingerprint density at radius 1 is 1.29 bits per heavy atom. The highest BCUT2D eigenvalue weighted by Gasteiger charge is 2.23. The standard InChI is InChI=1S/C13H20N2OS/c1-6-14(4)10-11(13(17)12(10)16)15(5)8-7-9(2)3/h2,6-8H2,1,3-5H3. The summed E-state index contributed by atoms with van der Waals surface area (Å²) in [6, 6.07) is 0. The van der Waals surface area contributed by atoms with E-state index in [0.29, 0.717) is 4.51 Å². The fraction of sp³-hybridized carbons (Fsp3) is 0.538. The Labute approximate surface area is 108 Å². The van der Waals surface area contributed by atoms with E-state index in [1.807, 2.05) is 32.8 Å². The van der Waals surface area contributed by atoms with Crippen LogP contribution in [0.5, 0.6) is 0 Å². The summed E-state index contributed by atoms with van der Waals surface area (Å²) >= 11 is 5.13. The van der Waals surface area contributed by atoms with E-state index in [1.165, 1.54) is 0 Å². The van der Waals surface area contributed by atoms with Gasteiger partial charge in [-0.25, -0.2) is 0 Å². The van der Waals surface area contributed by atoms with Crippen LogP contribution in [0.1, 0.15) is 20.3 Å². The van der Waals surface area contributed by atoms with Crippen LogP contribution in [0, 0.1) is 4.51 Å². The smallest absolute Gasteiger partial charge is 0.224 e. The summed E-state index contributed by atoms with van der Waals surface area (Å²) < 4.78 is 0.463. The van der Waals surface area contributed by atoms with E-state index >= 15 is 0 Å². The van der Waals surface area contributed by atoms with Crippen molar-refractivity contribution in [3.8, 4) is 0 Å². The maximum atomic E-state index is 11.7. The lowest BCUT2D eigenvalue weighted by Crippen LogP contribution is -2.33. The first kappa shape index (κ1) is 13.9. The molecule has 0 aliphatic rings. The molecule has 0 unspecified atom stereocenters. The van der Waals surface area contributed by atoms with Crippen molar-refractivity contribution in [3.05, 3.63) is 26.9 Å². The molecule has 0 N–H and O–H groups in total. The molecule has 0 bridgehead atoms. The second kappa shape index (κ2) is 5.45. The van der Waals surface area contributed by atoms with Crippen LogP contribution in [0.4, 0.5) is 11.4 Å². The van der Waals surface area contributed by atoms with E-state index in [4.69, 9.17) is 12.2 Å². The predicted molar refractivity (Wildman–Crippen MR) is 77.6 cm³/mol. The van der Waals surface area contributed by atoms with Gasteiger partial charge in [0.05, 0.1) is 5.69 Å². The molecule has 1 rings (SSSR count). The van der Waals surface area contributed by atoms with Gasteiger partial charge in [-0.3, -0.25) is 4.79 Å². The minimum atomic E-state index is 0.00141. The minimum absolute atomic E-state index is 0.00141. The first-order chi connectivity index (χ1) is 7.90. The van der Waals surface area contributed by atoms with Gasteiger partial charge in [0.1, 0.15) is 10.2 Å². The summed E-state index contributed by atoms with van der Waals surface area (Å²) in [4.78, 5) is 15.7. The number of hydrogen-bond donors (Lipinski definition) is 0. The fourth-order valence-corrected chi connectivity index (χ4v) is 2.05. The van der Waals surface area contributed by atoms with E-state index in [9.17, 15) is 4.79 Å². The van der Waals surface area contributed by atoms with E-state index in [2.05, 4.69) is 11.5 Å². The van der Waals surface area contributed by atoms with Gasteiger partial charge in [0.15, 0.2) is 0 Å². The second-order valence-electron chi connectivity index (χ2n) is 4.50. The molecule has 0 aliphatic carbocycles. The molecule has 0 aromatic heterocycles. The molecule has 0 fully saturated rings. The van der Waals surface area contributed by atoms with Crippen LogP contribution in [0.25, 0.3) is 0 Å². The highest BCUT2D eigenvalue weighted by molar-refractivity contribution is 7.71. The normalized spacial score (nSPS) is 10.6. The van der Waals surface area contributed by atoms with Crippen molar-refractivity contribution in [3.63, 3.8) is 0 Å². The van der Waals surface area contributed by atoms with Crippen molar-refractivity contribution in [2.45, 2.75) is 20.3 Å². The van der Waals surface area contributed by atoms with Crippen molar-refractivity contribution in [1.29, 1.82) is 0 Å². The largest absolute Gasteiger partial charge is 0.371 e. The summed E-state index contributed by atoms with van der Waals surface area (Å²) in [5, 5.41) is 0. The maximum absolute atomic E-state index is 11.7. The second-order valence-corrected chi connectivity index (χ2v) is 4.91. The zero-order valence-electron chi connectivity index (χ0n) is 11.0. The molecule has 0 saturated carbocycles. The predicted octanol–water partition coefficient (Wildman–Crippen LogP) is 2.51. The van der Waals surface area contributed by atoms with E-state index in [-0.39, 0.29) is 5.43 Å². The fourth-order valence-electron chi connectivity index (χ4n) is 1.70. The van der Waals surface area contributed by atoms with Gasteiger partial charge in [-0.2, -0.15) is 0 Å². The molecular weight excluding hydrogens is 232 g/mol. The molecule has 1 aromatic rings. The van der Waals surface area contributed by atoms with Crippen molar-refractivity contribution >= 4 is 23.6 Å². The van der Waals surface area contributed by atoms with Crippen molar-refractivity contribution in [2.75, 3.05) is 37.0 Å². The van der Waals surface area contributed by atoms with E-state index < -0.39 is 0 Å². The van der Waals surface area contributed by atoms with Crippen LogP contribution in [0.3, 0.4) is 0 Å². The highest BCUT2D eigenvalue weighted by Crippen LogP contribution is 2.29. The van der Waals surface area contributed by atoms with Gasteiger partial charge in [-0.05, 0) is 20.3 Å². The third-order valence-electron chi connectivity index (χ3n) is 2.97. The molecule has 0 saturated heterocycles. The zero-order valence-corrected chi connectivity index (χ0v) is 11.9. The lowest BCUT2D eigenvalue weighted by molar-refractivity contribution is 0.851. The molecule has 4 heteroatoms. The summed E-state index contributed by atoms with van der Waals surface area (Å²) in [5.41, 5.74) is 2.80. The van der Waals surface area contributed by atoms with Gasteiger partial charge in [-0.1, -0.05) is 17.8 Å². The van der Waals surface area contributed by atoms with Gasteiger partial charge < -0.3 is 9.80 Å². The number of hydrogen-bond acceptors (Lipinski definition) is 4. The third kappa shape index (κ3) is 2.75. The van der Waals surface area contributed by atoms with Gasteiger partial charge in [0.25, 0.3) is 0 Å². The Balaban J connectivity index is 2.91. The molecule has 0 amide bonds. The quantitative estimate of drug-likeness (QED) is 0.573. The maximum Gasteiger partial charge on any atom is 0.224 e. The Morgan fingerprint density at radius 2 is 1.88 bits per heavy atom. The molecule has 3 nitrogen and oxygen atoms in total. The Hall–Kier alpha value is -1.16. The molecule has 0 heterocycles. The first-order valence-electron chi connectivity index (χ1n) is 5.80. The Morgan fingerprint density at radius 3 is 2.35 bits per heavy atom. The summed E-state index contributed by atoms with van der Waals surface area (Å²) in [6.45, 7) is 9.56. The van der Waals surface area contributed by atoms with E-state index in [0.717, 1.165) is 36.5 Å². The molecule has 0 aliphatic heterocycles. The zero-order chi connectivity index (χ0) is 13.2. The first-order valence-corrected chi connectivity index (χ1v) is 6.20. The molecule has 0 spiro atoms. The monoisotopic (exact) mass is 252 g/mol. The van der Waals surface area contributed by atoms with Gasteiger partial charge >= 0.3 is 0 Å². The number of anilines is 2. The third-order valence-corrected chi connectivity index (χ3v) is 3.35. The average molecular weight is 252 g/mol. The SMILES string of the molecule is C=C(C)CCN(C)c1c(N(C)CC)c(=O)c1=S. The summed E-state index contributed by atoms with van der Waals surface area (Å²) in [5.74, 6) is 0. The van der Waals surface area contributed by atoms with Crippen molar-refractivity contribution in [2.24, 2.45) is 0 Å². The summed E-state index contributed by atoms with van der Waals surface area (Å²) in [6.07, 6.45) is 0.917. The van der Waals surface area contributed by atoms with Crippen LogP contribution in [-0.2, 0) is 0 Å². The topological polar surface area (TPSA) is 23.6 Å². The Kier molecular flexibility index (Phi) is 4.46. The van der Waals surface area contributed by atoms with Crippen molar-refractivity contribution in [1.82, 2.24) is 0 Å². The molecule has 0 radical (unpaired) electrons. The molecule has 0 atom stereocenters.